The molecule has 2 aliphatic rings. The highest BCUT2D eigenvalue weighted by atomic mass is 35.5. The van der Waals surface area contributed by atoms with Crippen molar-refractivity contribution in [2.45, 2.75) is 38.8 Å². The Morgan fingerprint density at radius 3 is 2.41 bits per heavy atom. The summed E-state index contributed by atoms with van der Waals surface area (Å²) in [4.78, 5) is 16.4. The highest BCUT2D eigenvalue weighted by Gasteiger charge is 2.29. The molecule has 0 radical (unpaired) electrons. The van der Waals surface area contributed by atoms with Gasteiger partial charge in [-0.25, -0.2) is 13.8 Å². The van der Waals surface area contributed by atoms with E-state index in [4.69, 9.17) is 21.6 Å². The van der Waals surface area contributed by atoms with E-state index in [0.29, 0.717) is 43.0 Å². The minimum absolute atomic E-state index is 0.0700. The van der Waals surface area contributed by atoms with Crippen molar-refractivity contribution < 1.29 is 8.78 Å². The third kappa shape index (κ3) is 4.41. The lowest BCUT2D eigenvalue weighted by Gasteiger charge is -2.42. The van der Waals surface area contributed by atoms with Gasteiger partial charge in [0.2, 0.25) is 5.95 Å². The molecule has 2 fully saturated rings. The van der Waals surface area contributed by atoms with Gasteiger partial charge >= 0.3 is 0 Å². The second-order valence-electron chi connectivity index (χ2n) is 9.16. The number of piperazine rings is 1. The highest BCUT2D eigenvalue weighted by Crippen LogP contribution is 2.32. The van der Waals surface area contributed by atoms with Crippen LogP contribution in [-0.4, -0.2) is 48.2 Å². The lowest BCUT2D eigenvalue weighted by Crippen LogP contribution is -2.52. The fourth-order valence-electron chi connectivity index (χ4n) is 4.96. The average molecular weight is 484 g/mol. The van der Waals surface area contributed by atoms with E-state index < -0.39 is 5.82 Å². The molecule has 3 aromatic rings. The molecule has 0 amide bonds. The normalized spacial score (nSPS) is 20.8. The molecule has 3 heterocycles. The van der Waals surface area contributed by atoms with Crippen molar-refractivity contribution in [3.8, 4) is 11.3 Å². The number of hydrogen-bond acceptors (Lipinski definition) is 5. The van der Waals surface area contributed by atoms with Crippen LogP contribution in [0.1, 0.15) is 26.7 Å². The van der Waals surface area contributed by atoms with Crippen LogP contribution in [0.2, 0.25) is 5.02 Å². The van der Waals surface area contributed by atoms with Gasteiger partial charge in [-0.05, 0) is 57.0 Å². The molecule has 0 aliphatic carbocycles. The smallest absolute Gasteiger partial charge is 0.228 e. The number of nitrogens with zero attached hydrogens (tertiary/aromatic N) is 5. The van der Waals surface area contributed by atoms with Gasteiger partial charge in [-0.2, -0.15) is 4.98 Å². The van der Waals surface area contributed by atoms with Gasteiger partial charge in [0.1, 0.15) is 17.5 Å². The van der Waals surface area contributed by atoms with E-state index in [1.54, 1.807) is 18.2 Å². The molecular formula is C26H28ClF2N5. The summed E-state index contributed by atoms with van der Waals surface area (Å²) in [5.41, 5.74) is 2.09. The molecule has 2 aromatic carbocycles. The van der Waals surface area contributed by atoms with Crippen LogP contribution in [-0.2, 0) is 0 Å². The number of rotatable bonds is 4. The van der Waals surface area contributed by atoms with Gasteiger partial charge in [0, 0.05) is 49.9 Å². The van der Waals surface area contributed by atoms with Crippen LogP contribution in [0, 0.1) is 11.6 Å². The summed E-state index contributed by atoms with van der Waals surface area (Å²) in [6, 6.07) is 14.0. The molecular weight excluding hydrogens is 456 g/mol. The van der Waals surface area contributed by atoms with Gasteiger partial charge in [0.05, 0.1) is 16.4 Å². The average Bonchev–Trinajstić information content (AvgIpc) is 3.26. The first-order valence-electron chi connectivity index (χ1n) is 11.8. The fraction of sp³-hybridized carbons (Fsp3) is 0.385. The topological polar surface area (TPSA) is 35.5 Å². The van der Waals surface area contributed by atoms with Crippen LogP contribution in [0.25, 0.3) is 11.3 Å². The van der Waals surface area contributed by atoms with Gasteiger partial charge in [-0.1, -0.05) is 23.7 Å². The first-order chi connectivity index (χ1) is 16.4. The second kappa shape index (κ2) is 9.37. The molecule has 0 N–H and O–H groups in total. The molecule has 0 unspecified atom stereocenters. The number of para-hydroxylation sites is 1. The minimum Gasteiger partial charge on any atom is -0.365 e. The molecule has 1 aromatic heterocycles. The molecule has 5 rings (SSSR count). The van der Waals surface area contributed by atoms with E-state index >= 15 is 0 Å². The van der Waals surface area contributed by atoms with Crippen LogP contribution in [0.5, 0.6) is 0 Å². The Bertz CT molecular complexity index is 1190. The SMILES string of the molecule is C[C@@H]1CN(c2ccccc2F)CCN1c1cc(-c2ccc(F)c(Cl)c2)nc(N2CCC[C@H]2C)n1. The van der Waals surface area contributed by atoms with E-state index in [1.807, 2.05) is 18.2 Å². The van der Waals surface area contributed by atoms with Gasteiger partial charge in [-0.3, -0.25) is 0 Å². The Morgan fingerprint density at radius 2 is 1.71 bits per heavy atom. The van der Waals surface area contributed by atoms with Gasteiger partial charge in [0.15, 0.2) is 0 Å². The second-order valence-corrected chi connectivity index (χ2v) is 9.57. The van der Waals surface area contributed by atoms with Crippen LogP contribution < -0.4 is 14.7 Å². The van der Waals surface area contributed by atoms with Crippen molar-refractivity contribution in [3.05, 3.63) is 65.2 Å². The predicted molar refractivity (Wildman–Crippen MR) is 134 cm³/mol. The number of anilines is 3. The highest BCUT2D eigenvalue weighted by molar-refractivity contribution is 6.31. The molecule has 2 atom stereocenters. The molecule has 178 valence electrons. The Balaban J connectivity index is 1.49. The van der Waals surface area contributed by atoms with Crippen LogP contribution in [0.15, 0.2) is 48.5 Å². The third-order valence-corrected chi connectivity index (χ3v) is 7.13. The lowest BCUT2D eigenvalue weighted by molar-refractivity contribution is 0.533. The summed E-state index contributed by atoms with van der Waals surface area (Å²) in [7, 11) is 0. The first kappa shape index (κ1) is 22.8. The Hall–Kier alpha value is -2.93. The van der Waals surface area contributed by atoms with Crippen LogP contribution in [0.4, 0.5) is 26.2 Å². The van der Waals surface area contributed by atoms with Crippen molar-refractivity contribution >= 4 is 29.1 Å². The van der Waals surface area contributed by atoms with E-state index in [1.165, 1.54) is 12.1 Å². The number of aromatic nitrogens is 2. The monoisotopic (exact) mass is 483 g/mol. The zero-order valence-corrected chi connectivity index (χ0v) is 20.1. The predicted octanol–water partition coefficient (Wildman–Crippen LogP) is 5.78. The number of halogens is 3. The van der Waals surface area contributed by atoms with Gasteiger partial charge in [0.25, 0.3) is 0 Å². The maximum atomic E-state index is 14.4. The molecule has 0 spiro atoms. The summed E-state index contributed by atoms with van der Waals surface area (Å²) >= 11 is 6.08. The number of benzene rings is 2. The molecule has 0 saturated carbocycles. The zero-order valence-electron chi connectivity index (χ0n) is 19.4. The Morgan fingerprint density at radius 1 is 0.882 bits per heavy atom. The van der Waals surface area contributed by atoms with E-state index in [2.05, 4.69) is 28.5 Å². The van der Waals surface area contributed by atoms with E-state index in [0.717, 1.165) is 30.8 Å². The summed E-state index contributed by atoms with van der Waals surface area (Å²) in [6.07, 6.45) is 2.20. The van der Waals surface area contributed by atoms with E-state index in [9.17, 15) is 8.78 Å². The quantitative estimate of drug-likeness (QED) is 0.470. The molecule has 34 heavy (non-hydrogen) atoms. The molecule has 2 saturated heterocycles. The van der Waals surface area contributed by atoms with Crippen molar-refractivity contribution in [2.24, 2.45) is 0 Å². The van der Waals surface area contributed by atoms with Crippen molar-refractivity contribution in [2.75, 3.05) is 40.9 Å². The van der Waals surface area contributed by atoms with Crippen LogP contribution in [0.3, 0.4) is 0 Å². The Kier molecular flexibility index (Phi) is 6.30. The molecule has 8 heteroatoms. The third-order valence-electron chi connectivity index (χ3n) is 6.84. The zero-order chi connectivity index (χ0) is 23.8. The summed E-state index contributed by atoms with van der Waals surface area (Å²) < 4.78 is 28.2. The van der Waals surface area contributed by atoms with E-state index in [-0.39, 0.29) is 16.9 Å². The maximum Gasteiger partial charge on any atom is 0.228 e. The lowest BCUT2D eigenvalue weighted by atomic mass is 10.1. The first-order valence-corrected chi connectivity index (χ1v) is 12.2. The van der Waals surface area contributed by atoms with Gasteiger partial charge < -0.3 is 14.7 Å². The summed E-state index contributed by atoms with van der Waals surface area (Å²) in [6.45, 7) is 7.28. The largest absolute Gasteiger partial charge is 0.365 e. The standard InChI is InChI=1S/C26H28ClF2N5/c1-17-6-5-11-34(17)26-30-23(19-9-10-21(28)20(27)14-19)15-25(31-26)33-13-12-32(16-18(33)2)24-8-4-3-7-22(24)29/h3-4,7-10,14-15,17-18H,5-6,11-13,16H2,1-2H3/t17-,18-/m1/s1. The van der Waals surface area contributed by atoms with Crippen molar-refractivity contribution in [3.63, 3.8) is 0 Å². The number of hydrogen-bond donors (Lipinski definition) is 0. The van der Waals surface area contributed by atoms with Crippen molar-refractivity contribution in [1.29, 1.82) is 0 Å². The Labute approximate surface area is 204 Å². The molecule has 5 nitrogen and oxygen atoms in total. The van der Waals surface area contributed by atoms with Gasteiger partial charge in [-0.15, -0.1) is 0 Å². The molecule has 2 aliphatic heterocycles. The van der Waals surface area contributed by atoms with Crippen molar-refractivity contribution in [1.82, 2.24) is 9.97 Å². The fourth-order valence-corrected chi connectivity index (χ4v) is 5.14. The summed E-state index contributed by atoms with van der Waals surface area (Å²) in [5.74, 6) is 0.846. The maximum absolute atomic E-state index is 14.4. The molecule has 0 bridgehead atoms. The van der Waals surface area contributed by atoms with Crippen LogP contribution >= 0.6 is 11.6 Å². The summed E-state index contributed by atoms with van der Waals surface area (Å²) in [5, 5.41) is 0.0700. The minimum atomic E-state index is -0.453.